The summed E-state index contributed by atoms with van der Waals surface area (Å²) in [5.74, 6) is -1.01. The summed E-state index contributed by atoms with van der Waals surface area (Å²) < 4.78 is 34.4. The Kier molecular flexibility index (Phi) is 4.20. The van der Waals surface area contributed by atoms with Crippen molar-refractivity contribution >= 4 is 6.08 Å². The quantitative estimate of drug-likeness (QED) is 0.780. The molecule has 4 rings (SSSR count). The first-order chi connectivity index (χ1) is 12.4. The molecular formula is C20H26F2N2O2. The number of alkyl halides is 2. The Balaban J connectivity index is 1.41. The largest absolute Gasteiger partial charge is 0.501 e. The van der Waals surface area contributed by atoms with Crippen LogP contribution in [0, 0.1) is 17.3 Å². The molecule has 2 saturated carbocycles. The van der Waals surface area contributed by atoms with Gasteiger partial charge in [0, 0.05) is 18.9 Å². The van der Waals surface area contributed by atoms with Crippen LogP contribution < -0.4 is 5.56 Å². The standard InChI is InChI=1S/C20H26F2N2O2/c1-3-12-10-19(12)11-13(19)5-4-8-20(21,22)17-18(25)24-16-9-14(26-2)6-7-15(16)23-17/h9,12-13H,3-8,10-11H2,1-2H3,(H,24,25)/t12?,13?,19-/m0/s1. The summed E-state index contributed by atoms with van der Waals surface area (Å²) in [6.45, 7) is 2.21. The molecule has 0 bridgehead atoms. The van der Waals surface area contributed by atoms with E-state index in [0.29, 0.717) is 42.0 Å². The molecule has 0 saturated heterocycles. The Hall–Kier alpha value is -1.72. The molecule has 0 aromatic carbocycles. The average molecular weight is 364 g/mol. The number of H-pyrrole nitrogens is 1. The molecule has 3 aliphatic carbocycles. The van der Waals surface area contributed by atoms with E-state index >= 15 is 0 Å². The summed E-state index contributed by atoms with van der Waals surface area (Å²) in [7, 11) is 1.55. The Morgan fingerprint density at radius 1 is 1.35 bits per heavy atom. The first-order valence-electron chi connectivity index (χ1n) is 9.65. The number of nitrogens with one attached hydrogen (secondary N) is 1. The molecule has 6 heteroatoms. The van der Waals surface area contributed by atoms with Crippen LogP contribution in [0.4, 0.5) is 8.78 Å². The van der Waals surface area contributed by atoms with Crippen LogP contribution in [0.15, 0.2) is 10.6 Å². The number of aromatic nitrogens is 2. The van der Waals surface area contributed by atoms with E-state index in [1.54, 1.807) is 13.2 Å². The first-order valence-corrected chi connectivity index (χ1v) is 9.65. The molecule has 26 heavy (non-hydrogen) atoms. The van der Waals surface area contributed by atoms with Crippen LogP contribution in [0.3, 0.4) is 0 Å². The fourth-order valence-electron chi connectivity index (χ4n) is 4.87. The van der Waals surface area contributed by atoms with E-state index < -0.39 is 17.2 Å². The minimum Gasteiger partial charge on any atom is -0.501 e. The molecule has 1 heterocycles. The van der Waals surface area contributed by atoms with E-state index in [9.17, 15) is 13.6 Å². The van der Waals surface area contributed by atoms with Gasteiger partial charge in [-0.2, -0.15) is 8.78 Å². The molecule has 4 nitrogen and oxygen atoms in total. The van der Waals surface area contributed by atoms with E-state index in [1.165, 1.54) is 19.3 Å². The highest BCUT2D eigenvalue weighted by atomic mass is 19.3. The first kappa shape index (κ1) is 17.7. The molecule has 1 aromatic rings. The van der Waals surface area contributed by atoms with Gasteiger partial charge in [0.15, 0.2) is 5.69 Å². The van der Waals surface area contributed by atoms with E-state index in [-0.39, 0.29) is 6.42 Å². The van der Waals surface area contributed by atoms with Gasteiger partial charge in [-0.25, -0.2) is 4.98 Å². The molecule has 0 amide bonds. The van der Waals surface area contributed by atoms with Crippen molar-refractivity contribution in [3.8, 4) is 0 Å². The number of rotatable bonds is 7. The lowest BCUT2D eigenvalue weighted by atomic mass is 10.0. The zero-order valence-corrected chi connectivity index (χ0v) is 15.4. The van der Waals surface area contributed by atoms with E-state index in [4.69, 9.17) is 4.74 Å². The number of methoxy groups -OCH3 is 1. The lowest BCUT2D eigenvalue weighted by Crippen LogP contribution is -2.29. The molecule has 0 radical (unpaired) electrons. The number of aryl methyl sites for hydroxylation is 1. The van der Waals surface area contributed by atoms with Gasteiger partial charge in [0.1, 0.15) is 0 Å². The summed E-state index contributed by atoms with van der Waals surface area (Å²) in [6.07, 6.45) is 7.47. The third-order valence-electron chi connectivity index (χ3n) is 6.64. The summed E-state index contributed by atoms with van der Waals surface area (Å²) in [5.41, 5.74) is 0.0889. The number of hydrogen-bond acceptors (Lipinski definition) is 3. The van der Waals surface area contributed by atoms with Crippen LogP contribution >= 0.6 is 0 Å². The summed E-state index contributed by atoms with van der Waals surface area (Å²) >= 11 is 0. The van der Waals surface area contributed by atoms with E-state index in [0.717, 1.165) is 18.1 Å². The van der Waals surface area contributed by atoms with Gasteiger partial charge < -0.3 is 9.72 Å². The van der Waals surface area contributed by atoms with Crippen molar-refractivity contribution in [1.82, 2.24) is 9.97 Å². The van der Waals surface area contributed by atoms with Gasteiger partial charge in [-0.05, 0) is 49.4 Å². The molecule has 2 fully saturated rings. The molecule has 1 aromatic heterocycles. The van der Waals surface area contributed by atoms with Crippen LogP contribution in [0.25, 0.3) is 6.08 Å². The minimum absolute atomic E-state index is 0.301. The Bertz CT molecular complexity index is 801. The van der Waals surface area contributed by atoms with Crippen LogP contribution in [-0.4, -0.2) is 17.1 Å². The van der Waals surface area contributed by atoms with Gasteiger partial charge in [-0.15, -0.1) is 0 Å². The highest BCUT2D eigenvalue weighted by Crippen LogP contribution is 2.76. The lowest BCUT2D eigenvalue weighted by molar-refractivity contribution is -0.0222. The number of fused-ring (bicyclic) bond motifs is 1. The third-order valence-corrected chi connectivity index (χ3v) is 6.64. The average Bonchev–Trinajstić information content (AvgIpc) is 3.51. The second-order valence-corrected chi connectivity index (χ2v) is 8.13. The molecule has 3 aliphatic rings. The second-order valence-electron chi connectivity index (χ2n) is 8.13. The number of nitrogens with zero attached hydrogens (tertiary/aromatic N) is 1. The van der Waals surface area contributed by atoms with Crippen molar-refractivity contribution in [2.45, 2.75) is 64.2 Å². The van der Waals surface area contributed by atoms with Crippen molar-refractivity contribution in [1.29, 1.82) is 0 Å². The van der Waals surface area contributed by atoms with Crippen molar-refractivity contribution in [3.63, 3.8) is 0 Å². The highest BCUT2D eigenvalue weighted by molar-refractivity contribution is 5.52. The zero-order chi connectivity index (χ0) is 18.5. The Morgan fingerprint density at radius 3 is 2.81 bits per heavy atom. The van der Waals surface area contributed by atoms with Gasteiger partial charge >= 0.3 is 0 Å². The SMILES string of the molecule is CCC1C[C@]12CC2CCCC(F)(F)c1nc2c([nH]c1=O)C=C(OC)CC2. The normalized spacial score (nSPS) is 29.3. The topological polar surface area (TPSA) is 55.0 Å². The molecule has 3 atom stereocenters. The molecule has 1 spiro atoms. The molecule has 2 unspecified atom stereocenters. The minimum atomic E-state index is -3.18. The number of aromatic amines is 1. The predicted molar refractivity (Wildman–Crippen MR) is 94.8 cm³/mol. The van der Waals surface area contributed by atoms with E-state index in [2.05, 4.69) is 16.9 Å². The van der Waals surface area contributed by atoms with Crippen LogP contribution in [0.1, 0.15) is 69.0 Å². The number of allylic oxidation sites excluding steroid dienone is 1. The van der Waals surface area contributed by atoms with Crippen molar-refractivity contribution in [2.75, 3.05) is 7.11 Å². The molecule has 0 aliphatic heterocycles. The molecular weight excluding hydrogens is 338 g/mol. The third kappa shape index (κ3) is 2.97. The fraction of sp³-hybridized carbons (Fsp3) is 0.700. The van der Waals surface area contributed by atoms with Gasteiger partial charge in [-0.1, -0.05) is 13.3 Å². The van der Waals surface area contributed by atoms with Crippen molar-refractivity contribution in [3.05, 3.63) is 33.2 Å². The predicted octanol–water partition coefficient (Wildman–Crippen LogP) is 4.40. The maximum absolute atomic E-state index is 14.6. The number of ether oxygens (including phenoxy) is 1. The number of hydrogen-bond donors (Lipinski definition) is 1. The maximum atomic E-state index is 14.6. The zero-order valence-electron chi connectivity index (χ0n) is 15.4. The fourth-order valence-corrected chi connectivity index (χ4v) is 4.87. The maximum Gasteiger partial charge on any atom is 0.295 e. The van der Waals surface area contributed by atoms with Crippen molar-refractivity contribution < 1.29 is 13.5 Å². The number of halogens is 2. The van der Waals surface area contributed by atoms with Crippen LogP contribution in [0.2, 0.25) is 0 Å². The van der Waals surface area contributed by atoms with Gasteiger partial charge in [0.2, 0.25) is 0 Å². The van der Waals surface area contributed by atoms with Crippen molar-refractivity contribution in [2.24, 2.45) is 17.3 Å². The second kappa shape index (κ2) is 6.17. The summed E-state index contributed by atoms with van der Waals surface area (Å²) in [4.78, 5) is 18.8. The van der Waals surface area contributed by atoms with Gasteiger partial charge in [0.05, 0.1) is 24.3 Å². The smallest absolute Gasteiger partial charge is 0.295 e. The Morgan fingerprint density at radius 2 is 2.12 bits per heavy atom. The van der Waals surface area contributed by atoms with Gasteiger partial charge in [-0.3, -0.25) is 4.79 Å². The highest BCUT2D eigenvalue weighted by Gasteiger charge is 2.68. The van der Waals surface area contributed by atoms with Gasteiger partial charge in [0.25, 0.3) is 11.5 Å². The van der Waals surface area contributed by atoms with E-state index in [1.807, 2.05) is 0 Å². The summed E-state index contributed by atoms with van der Waals surface area (Å²) in [5, 5.41) is 0. The summed E-state index contributed by atoms with van der Waals surface area (Å²) in [6, 6.07) is 0. The van der Waals surface area contributed by atoms with Crippen LogP contribution in [0.5, 0.6) is 0 Å². The molecule has 142 valence electrons. The van der Waals surface area contributed by atoms with Crippen LogP contribution in [-0.2, 0) is 17.1 Å². The monoisotopic (exact) mass is 364 g/mol. The Labute approximate surface area is 152 Å². The molecule has 1 N–H and O–H groups in total. The lowest BCUT2D eigenvalue weighted by Gasteiger charge is -2.19.